The number of benzene rings is 1. The molecule has 4 nitrogen and oxygen atoms in total. The molecular formula is C16H19IN2O2. The first-order valence-corrected chi connectivity index (χ1v) is 7.96. The van der Waals surface area contributed by atoms with Crippen LogP contribution in [-0.4, -0.2) is 17.1 Å². The van der Waals surface area contributed by atoms with Crippen molar-refractivity contribution in [3.05, 3.63) is 49.4 Å². The molecule has 1 aromatic carbocycles. The number of hydrogen-bond acceptors (Lipinski definition) is 3. The topological polar surface area (TPSA) is 55.0 Å². The van der Waals surface area contributed by atoms with Gasteiger partial charge in [-0.25, -0.2) is 4.98 Å². The zero-order chi connectivity index (χ0) is 15.4. The Kier molecular flexibility index (Phi) is 5.52. The van der Waals surface area contributed by atoms with Crippen LogP contribution in [0.1, 0.15) is 25.1 Å². The fourth-order valence-electron chi connectivity index (χ4n) is 2.09. The molecule has 1 N–H and O–H groups in total. The molecule has 0 unspecified atom stereocenters. The summed E-state index contributed by atoms with van der Waals surface area (Å²) in [5.74, 6) is 1.09. The fraction of sp³-hybridized carbons (Fsp3) is 0.375. The minimum atomic E-state index is -0.0720. The van der Waals surface area contributed by atoms with Crippen molar-refractivity contribution >= 4 is 22.6 Å². The van der Waals surface area contributed by atoms with E-state index in [2.05, 4.69) is 46.4 Å². The van der Waals surface area contributed by atoms with Crippen molar-refractivity contribution in [1.82, 2.24) is 9.97 Å². The number of aromatic amines is 1. The number of aromatic nitrogens is 2. The average Bonchev–Trinajstić information content (AvgIpc) is 2.44. The number of H-pyrrole nitrogens is 1. The molecule has 112 valence electrons. The van der Waals surface area contributed by atoms with Crippen LogP contribution < -0.4 is 5.56 Å². The number of nitrogens with zero attached hydrogens (tertiary/aromatic N) is 1. The van der Waals surface area contributed by atoms with E-state index in [0.717, 1.165) is 23.2 Å². The highest BCUT2D eigenvalue weighted by atomic mass is 127. The number of ether oxygens (including phenoxy) is 1. The Morgan fingerprint density at radius 1 is 1.29 bits per heavy atom. The summed E-state index contributed by atoms with van der Waals surface area (Å²) in [7, 11) is 1.67. The van der Waals surface area contributed by atoms with Gasteiger partial charge in [-0.3, -0.25) is 4.79 Å². The number of methoxy groups -OCH3 is 1. The maximum absolute atomic E-state index is 12.1. The molecule has 0 aliphatic rings. The van der Waals surface area contributed by atoms with E-state index in [9.17, 15) is 4.79 Å². The molecule has 0 aliphatic carbocycles. The van der Waals surface area contributed by atoms with E-state index in [-0.39, 0.29) is 5.56 Å². The van der Waals surface area contributed by atoms with Crippen LogP contribution in [0.5, 0.6) is 0 Å². The van der Waals surface area contributed by atoms with Gasteiger partial charge in [-0.15, -0.1) is 0 Å². The van der Waals surface area contributed by atoms with Gasteiger partial charge in [-0.2, -0.15) is 0 Å². The third-order valence-corrected chi connectivity index (χ3v) is 4.18. The molecule has 0 bridgehead atoms. The first kappa shape index (κ1) is 16.2. The number of hydrogen-bond donors (Lipinski definition) is 1. The first-order valence-electron chi connectivity index (χ1n) is 6.88. The summed E-state index contributed by atoms with van der Waals surface area (Å²) in [6.45, 7) is 4.83. The number of halogens is 1. The molecule has 0 amide bonds. The Balaban J connectivity index is 2.39. The number of rotatable bonds is 5. The Morgan fingerprint density at radius 3 is 2.52 bits per heavy atom. The quantitative estimate of drug-likeness (QED) is 0.786. The van der Waals surface area contributed by atoms with E-state index >= 15 is 0 Å². The van der Waals surface area contributed by atoms with Crippen LogP contribution >= 0.6 is 22.6 Å². The molecule has 1 aromatic heterocycles. The van der Waals surface area contributed by atoms with E-state index in [1.807, 2.05) is 24.3 Å². The lowest BCUT2D eigenvalue weighted by Crippen LogP contribution is -2.17. The van der Waals surface area contributed by atoms with Crippen molar-refractivity contribution in [2.24, 2.45) is 5.92 Å². The van der Waals surface area contributed by atoms with Gasteiger partial charge < -0.3 is 9.72 Å². The van der Waals surface area contributed by atoms with Crippen molar-refractivity contribution in [3.8, 4) is 11.4 Å². The smallest absolute Gasteiger partial charge is 0.264 e. The van der Waals surface area contributed by atoms with E-state index in [4.69, 9.17) is 4.74 Å². The lowest BCUT2D eigenvalue weighted by atomic mass is 10.1. The molecule has 0 aliphatic heterocycles. The summed E-state index contributed by atoms with van der Waals surface area (Å²) >= 11 is 2.07. The molecular weight excluding hydrogens is 379 g/mol. The third kappa shape index (κ3) is 4.14. The highest BCUT2D eigenvalue weighted by Crippen LogP contribution is 2.18. The Morgan fingerprint density at radius 2 is 1.95 bits per heavy atom. The molecule has 0 radical (unpaired) electrons. The molecule has 21 heavy (non-hydrogen) atoms. The van der Waals surface area contributed by atoms with Crippen LogP contribution in [0.15, 0.2) is 29.1 Å². The zero-order valence-corrected chi connectivity index (χ0v) is 14.6. The second-order valence-electron chi connectivity index (χ2n) is 5.40. The average molecular weight is 398 g/mol. The van der Waals surface area contributed by atoms with Gasteiger partial charge in [0.05, 0.1) is 15.9 Å². The van der Waals surface area contributed by atoms with Crippen molar-refractivity contribution < 1.29 is 4.74 Å². The molecule has 0 fully saturated rings. The molecule has 2 rings (SSSR count). The maximum Gasteiger partial charge on any atom is 0.264 e. The van der Waals surface area contributed by atoms with Crippen LogP contribution in [-0.2, 0) is 17.8 Å². The Hall–Kier alpha value is -1.21. The van der Waals surface area contributed by atoms with E-state index in [1.165, 1.54) is 0 Å². The van der Waals surface area contributed by atoms with Crippen LogP contribution in [0.2, 0.25) is 0 Å². The standard InChI is InChI=1S/C16H19IN2O2/c1-10(2)8-13-14(17)16(20)19-15(18-13)12-6-4-11(5-7-12)9-21-3/h4-7,10H,8-9H2,1-3H3,(H,18,19,20). The summed E-state index contributed by atoms with van der Waals surface area (Å²) < 4.78 is 5.78. The fourth-order valence-corrected chi connectivity index (χ4v) is 2.57. The van der Waals surface area contributed by atoms with Gasteiger partial charge in [0.15, 0.2) is 0 Å². The molecule has 0 saturated carbocycles. The molecule has 0 atom stereocenters. The highest BCUT2D eigenvalue weighted by Gasteiger charge is 2.11. The van der Waals surface area contributed by atoms with Crippen molar-refractivity contribution in [1.29, 1.82) is 0 Å². The highest BCUT2D eigenvalue weighted by molar-refractivity contribution is 14.1. The SMILES string of the molecule is COCc1ccc(-c2nc(CC(C)C)c(I)c(=O)[nH]2)cc1. The Bertz CT molecular complexity index is 663. The van der Waals surface area contributed by atoms with Crippen LogP contribution in [0.4, 0.5) is 0 Å². The summed E-state index contributed by atoms with van der Waals surface area (Å²) in [6.07, 6.45) is 0.803. The van der Waals surface area contributed by atoms with Crippen molar-refractivity contribution in [2.45, 2.75) is 26.9 Å². The maximum atomic E-state index is 12.1. The van der Waals surface area contributed by atoms with E-state index in [0.29, 0.717) is 21.9 Å². The summed E-state index contributed by atoms with van der Waals surface area (Å²) in [6, 6.07) is 7.88. The predicted octanol–water partition coefficient (Wildman–Crippen LogP) is 3.39. The predicted molar refractivity (Wildman–Crippen MR) is 92.3 cm³/mol. The van der Waals surface area contributed by atoms with Gasteiger partial charge in [0.25, 0.3) is 5.56 Å². The molecule has 1 heterocycles. The first-order chi connectivity index (χ1) is 10.0. The van der Waals surface area contributed by atoms with Crippen molar-refractivity contribution in [3.63, 3.8) is 0 Å². The zero-order valence-electron chi connectivity index (χ0n) is 12.4. The van der Waals surface area contributed by atoms with Gasteiger partial charge in [-0.1, -0.05) is 38.1 Å². The van der Waals surface area contributed by atoms with Gasteiger partial charge in [-0.05, 0) is 40.5 Å². The van der Waals surface area contributed by atoms with Crippen LogP contribution in [0, 0.1) is 9.49 Å². The molecule has 0 saturated heterocycles. The minimum absolute atomic E-state index is 0.0720. The minimum Gasteiger partial charge on any atom is -0.380 e. The summed E-state index contributed by atoms with van der Waals surface area (Å²) in [5.41, 5.74) is 2.80. The Labute approximate surface area is 138 Å². The normalized spacial score (nSPS) is 11.1. The second kappa shape index (κ2) is 7.17. The number of nitrogens with one attached hydrogen (secondary N) is 1. The molecule has 2 aromatic rings. The molecule has 0 spiro atoms. The van der Waals surface area contributed by atoms with Crippen LogP contribution in [0.3, 0.4) is 0 Å². The van der Waals surface area contributed by atoms with Gasteiger partial charge >= 0.3 is 0 Å². The van der Waals surface area contributed by atoms with Crippen LogP contribution in [0.25, 0.3) is 11.4 Å². The van der Waals surface area contributed by atoms with Crippen molar-refractivity contribution in [2.75, 3.05) is 7.11 Å². The summed E-state index contributed by atoms with van der Waals surface area (Å²) in [5, 5.41) is 0. The van der Waals surface area contributed by atoms with Gasteiger partial charge in [0, 0.05) is 12.7 Å². The van der Waals surface area contributed by atoms with E-state index in [1.54, 1.807) is 7.11 Å². The lowest BCUT2D eigenvalue weighted by molar-refractivity contribution is 0.185. The lowest BCUT2D eigenvalue weighted by Gasteiger charge is -2.09. The third-order valence-electron chi connectivity index (χ3n) is 3.07. The van der Waals surface area contributed by atoms with Gasteiger partial charge in [0.1, 0.15) is 5.82 Å². The van der Waals surface area contributed by atoms with Gasteiger partial charge in [0.2, 0.25) is 0 Å². The second-order valence-corrected chi connectivity index (χ2v) is 6.48. The molecule has 5 heteroatoms. The monoisotopic (exact) mass is 398 g/mol. The summed E-state index contributed by atoms with van der Waals surface area (Å²) in [4.78, 5) is 19.5. The van der Waals surface area contributed by atoms with E-state index < -0.39 is 0 Å². The largest absolute Gasteiger partial charge is 0.380 e.